The Morgan fingerprint density at radius 2 is 2.18 bits per heavy atom. The molecule has 0 aromatic rings. The zero-order valence-electron chi connectivity index (χ0n) is 7.31. The van der Waals surface area contributed by atoms with Crippen LogP contribution in [0.3, 0.4) is 0 Å². The zero-order valence-corrected chi connectivity index (χ0v) is 7.31. The van der Waals surface area contributed by atoms with Crippen molar-refractivity contribution in [1.82, 2.24) is 5.32 Å². The molecule has 3 heteroatoms. The van der Waals surface area contributed by atoms with Crippen LogP contribution in [0.5, 0.6) is 0 Å². The summed E-state index contributed by atoms with van der Waals surface area (Å²) in [6, 6.07) is 0. The van der Waals surface area contributed by atoms with Crippen LogP contribution in [0.2, 0.25) is 0 Å². The number of allylic oxidation sites excluding steroid dienone is 1. The summed E-state index contributed by atoms with van der Waals surface area (Å²) in [7, 11) is 0. The van der Waals surface area contributed by atoms with Crippen LogP contribution in [0.1, 0.15) is 20.8 Å². The van der Waals surface area contributed by atoms with Crippen molar-refractivity contribution in [3.63, 3.8) is 0 Å². The van der Waals surface area contributed by atoms with E-state index in [1.54, 1.807) is 13.0 Å². The SMILES string of the molecule is C/C=C(/OCC)C(=O)NCC. The standard InChI is InChI=1S/C8H15NO2/c1-4-7(11-6-3)8(10)9-5-2/h4H,5-6H2,1-3H3,(H,9,10)/b7-4+. The summed E-state index contributed by atoms with van der Waals surface area (Å²) in [5, 5.41) is 2.65. The number of hydrogen-bond acceptors (Lipinski definition) is 2. The fourth-order valence-electron chi connectivity index (χ4n) is 0.683. The highest BCUT2D eigenvalue weighted by atomic mass is 16.5. The molecule has 0 radical (unpaired) electrons. The molecule has 1 N–H and O–H groups in total. The van der Waals surface area contributed by atoms with Gasteiger partial charge in [0.2, 0.25) is 0 Å². The van der Waals surface area contributed by atoms with E-state index < -0.39 is 0 Å². The molecule has 0 unspecified atom stereocenters. The van der Waals surface area contributed by atoms with E-state index in [9.17, 15) is 4.79 Å². The Hall–Kier alpha value is -0.990. The summed E-state index contributed by atoms with van der Waals surface area (Å²) in [5.74, 6) is 0.256. The van der Waals surface area contributed by atoms with Crippen LogP contribution in [0.4, 0.5) is 0 Å². The second kappa shape index (κ2) is 5.77. The molecule has 0 rings (SSSR count). The predicted molar refractivity (Wildman–Crippen MR) is 44.1 cm³/mol. The van der Waals surface area contributed by atoms with Gasteiger partial charge in [0.25, 0.3) is 5.91 Å². The molecule has 0 aliphatic heterocycles. The first-order valence-corrected chi connectivity index (χ1v) is 3.83. The zero-order chi connectivity index (χ0) is 8.69. The molecular weight excluding hydrogens is 142 g/mol. The van der Waals surface area contributed by atoms with Gasteiger partial charge in [0, 0.05) is 6.54 Å². The third-order valence-electron chi connectivity index (χ3n) is 1.12. The van der Waals surface area contributed by atoms with Gasteiger partial charge < -0.3 is 10.1 Å². The highest BCUT2D eigenvalue weighted by molar-refractivity contribution is 5.91. The molecule has 0 saturated heterocycles. The van der Waals surface area contributed by atoms with Crippen molar-refractivity contribution in [2.24, 2.45) is 0 Å². The van der Waals surface area contributed by atoms with Crippen LogP contribution < -0.4 is 5.32 Å². The van der Waals surface area contributed by atoms with E-state index in [1.807, 2.05) is 13.8 Å². The number of hydrogen-bond donors (Lipinski definition) is 1. The van der Waals surface area contributed by atoms with Crippen molar-refractivity contribution < 1.29 is 9.53 Å². The molecular formula is C8H15NO2. The fourth-order valence-corrected chi connectivity index (χ4v) is 0.683. The molecule has 0 bridgehead atoms. The Bertz CT molecular complexity index is 152. The number of amides is 1. The van der Waals surface area contributed by atoms with Gasteiger partial charge in [0.1, 0.15) is 0 Å². The molecule has 0 atom stereocenters. The van der Waals surface area contributed by atoms with Crippen LogP contribution in [0, 0.1) is 0 Å². The molecule has 64 valence electrons. The average molecular weight is 157 g/mol. The minimum Gasteiger partial charge on any atom is -0.488 e. The van der Waals surface area contributed by atoms with Crippen molar-refractivity contribution in [3.05, 3.63) is 11.8 Å². The number of carbonyl (C=O) groups excluding carboxylic acids is 1. The summed E-state index contributed by atoms with van der Waals surface area (Å²) >= 11 is 0. The van der Waals surface area contributed by atoms with E-state index in [0.717, 1.165) is 0 Å². The number of rotatable bonds is 4. The second-order valence-corrected chi connectivity index (χ2v) is 1.95. The van der Waals surface area contributed by atoms with Crippen molar-refractivity contribution in [1.29, 1.82) is 0 Å². The summed E-state index contributed by atoms with van der Waals surface area (Å²) in [6.07, 6.45) is 1.66. The Morgan fingerprint density at radius 3 is 2.55 bits per heavy atom. The maximum absolute atomic E-state index is 11.1. The molecule has 0 aromatic heterocycles. The van der Waals surface area contributed by atoms with E-state index in [2.05, 4.69) is 5.32 Å². The molecule has 0 heterocycles. The van der Waals surface area contributed by atoms with E-state index in [4.69, 9.17) is 4.74 Å². The molecule has 1 amide bonds. The highest BCUT2D eigenvalue weighted by Gasteiger charge is 2.05. The lowest BCUT2D eigenvalue weighted by Gasteiger charge is -2.06. The molecule has 0 aromatic carbocycles. The first-order chi connectivity index (χ1) is 5.26. The molecule has 3 nitrogen and oxygen atoms in total. The van der Waals surface area contributed by atoms with Gasteiger partial charge in [-0.3, -0.25) is 4.79 Å². The molecule has 0 fully saturated rings. The maximum Gasteiger partial charge on any atom is 0.285 e. The molecule has 0 aliphatic carbocycles. The maximum atomic E-state index is 11.1. The van der Waals surface area contributed by atoms with Crippen molar-refractivity contribution >= 4 is 5.91 Å². The number of likely N-dealkylation sites (N-methyl/N-ethyl adjacent to an activating group) is 1. The first-order valence-electron chi connectivity index (χ1n) is 3.83. The summed E-state index contributed by atoms with van der Waals surface area (Å²) < 4.78 is 5.05. The summed E-state index contributed by atoms with van der Waals surface area (Å²) in [6.45, 7) is 6.65. The monoisotopic (exact) mass is 157 g/mol. The van der Waals surface area contributed by atoms with Crippen molar-refractivity contribution in [2.75, 3.05) is 13.2 Å². The smallest absolute Gasteiger partial charge is 0.285 e. The Kier molecular flexibility index (Phi) is 5.25. The summed E-state index contributed by atoms with van der Waals surface area (Å²) in [5.41, 5.74) is 0. The van der Waals surface area contributed by atoms with Gasteiger partial charge in [-0.05, 0) is 26.8 Å². The van der Waals surface area contributed by atoms with Gasteiger partial charge in [-0.15, -0.1) is 0 Å². The Labute approximate surface area is 67.4 Å². The third-order valence-corrected chi connectivity index (χ3v) is 1.12. The van der Waals surface area contributed by atoms with Gasteiger partial charge in [0.15, 0.2) is 5.76 Å². The van der Waals surface area contributed by atoms with Crippen molar-refractivity contribution in [3.8, 4) is 0 Å². The lowest BCUT2D eigenvalue weighted by atomic mass is 10.4. The van der Waals surface area contributed by atoms with Gasteiger partial charge >= 0.3 is 0 Å². The fraction of sp³-hybridized carbons (Fsp3) is 0.625. The summed E-state index contributed by atoms with van der Waals surface area (Å²) in [4.78, 5) is 11.1. The number of nitrogens with one attached hydrogen (secondary N) is 1. The topological polar surface area (TPSA) is 38.3 Å². The predicted octanol–water partition coefficient (Wildman–Crippen LogP) is 1.06. The van der Waals surface area contributed by atoms with Crippen LogP contribution in [-0.4, -0.2) is 19.1 Å². The molecule has 0 spiro atoms. The normalized spacial score (nSPS) is 11.0. The number of ether oxygens (including phenoxy) is 1. The molecule has 11 heavy (non-hydrogen) atoms. The van der Waals surface area contributed by atoms with E-state index in [1.165, 1.54) is 0 Å². The lowest BCUT2D eigenvalue weighted by Crippen LogP contribution is -2.25. The van der Waals surface area contributed by atoms with Crippen LogP contribution in [0.15, 0.2) is 11.8 Å². The van der Waals surface area contributed by atoms with E-state index in [-0.39, 0.29) is 5.91 Å². The van der Waals surface area contributed by atoms with Gasteiger partial charge in [-0.1, -0.05) is 0 Å². The van der Waals surface area contributed by atoms with Crippen molar-refractivity contribution in [2.45, 2.75) is 20.8 Å². The minimum atomic E-state index is -0.142. The lowest BCUT2D eigenvalue weighted by molar-refractivity contribution is -0.120. The highest BCUT2D eigenvalue weighted by Crippen LogP contribution is 1.95. The Balaban J connectivity index is 3.94. The van der Waals surface area contributed by atoms with Gasteiger partial charge in [-0.25, -0.2) is 0 Å². The Morgan fingerprint density at radius 1 is 1.55 bits per heavy atom. The molecule has 0 aliphatic rings. The van der Waals surface area contributed by atoms with Gasteiger partial charge in [0.05, 0.1) is 6.61 Å². The largest absolute Gasteiger partial charge is 0.488 e. The average Bonchev–Trinajstić information content (AvgIpc) is 2.00. The quantitative estimate of drug-likeness (QED) is 0.489. The second-order valence-electron chi connectivity index (χ2n) is 1.95. The number of carbonyl (C=O) groups is 1. The van der Waals surface area contributed by atoms with Crippen LogP contribution in [-0.2, 0) is 9.53 Å². The van der Waals surface area contributed by atoms with E-state index in [0.29, 0.717) is 18.9 Å². The third kappa shape index (κ3) is 3.65. The van der Waals surface area contributed by atoms with Gasteiger partial charge in [-0.2, -0.15) is 0 Å². The van der Waals surface area contributed by atoms with Crippen LogP contribution >= 0.6 is 0 Å². The van der Waals surface area contributed by atoms with E-state index >= 15 is 0 Å². The molecule has 0 saturated carbocycles. The van der Waals surface area contributed by atoms with Crippen LogP contribution in [0.25, 0.3) is 0 Å². The first kappa shape index (κ1) is 10.0. The minimum absolute atomic E-state index is 0.142.